The predicted octanol–water partition coefficient (Wildman–Crippen LogP) is 5.26. The molecule has 0 bridgehead atoms. The lowest BCUT2D eigenvalue weighted by atomic mass is 10.2. The Morgan fingerprint density at radius 3 is 2.39 bits per heavy atom. The molecule has 0 aliphatic rings. The Morgan fingerprint density at radius 2 is 1.71 bits per heavy atom. The van der Waals surface area contributed by atoms with E-state index in [1.165, 1.54) is 24.3 Å². The second-order valence-corrected chi connectivity index (χ2v) is 8.93. The lowest BCUT2D eigenvalue weighted by Gasteiger charge is -2.13. The maximum atomic E-state index is 12.9. The Kier molecular flexibility index (Phi) is 6.49. The van der Waals surface area contributed by atoms with Gasteiger partial charge in [-0.1, -0.05) is 47.5 Å². The molecule has 160 valence electrons. The standard InChI is InChI=1S/C20H15Cl2N3O5S/c1-12-5-4-6-13(9-12)24-31(29,30)19-10-14(15(21)11-16(19)22)20(26)23-17-7-2-3-8-18(17)25(27)28/h2-11,24H,1H3,(H,23,26). The summed E-state index contributed by atoms with van der Waals surface area (Å²) >= 11 is 12.2. The first-order valence-electron chi connectivity index (χ1n) is 8.72. The van der Waals surface area contributed by atoms with Gasteiger partial charge in [0.2, 0.25) is 0 Å². The molecule has 0 heterocycles. The molecule has 0 saturated heterocycles. The molecule has 3 aromatic carbocycles. The number of nitrogens with zero attached hydrogens (tertiary/aromatic N) is 1. The van der Waals surface area contributed by atoms with E-state index >= 15 is 0 Å². The minimum absolute atomic E-state index is 0.0641. The number of carbonyl (C=O) groups is 1. The van der Waals surface area contributed by atoms with Gasteiger partial charge in [0.1, 0.15) is 10.6 Å². The average molecular weight is 480 g/mol. The van der Waals surface area contributed by atoms with Gasteiger partial charge in [0, 0.05) is 11.8 Å². The molecule has 0 radical (unpaired) electrons. The van der Waals surface area contributed by atoms with Crippen LogP contribution in [0.25, 0.3) is 0 Å². The van der Waals surface area contributed by atoms with Gasteiger partial charge >= 0.3 is 0 Å². The van der Waals surface area contributed by atoms with Crippen LogP contribution in [0.4, 0.5) is 17.1 Å². The molecular formula is C20H15Cl2N3O5S. The van der Waals surface area contributed by atoms with E-state index in [0.717, 1.165) is 17.7 Å². The third kappa shape index (κ3) is 5.13. The molecule has 31 heavy (non-hydrogen) atoms. The molecule has 3 aromatic rings. The van der Waals surface area contributed by atoms with Crippen molar-refractivity contribution >= 4 is 56.2 Å². The topological polar surface area (TPSA) is 118 Å². The van der Waals surface area contributed by atoms with Crippen LogP contribution in [0.1, 0.15) is 15.9 Å². The van der Waals surface area contributed by atoms with Crippen LogP contribution in [0, 0.1) is 17.0 Å². The molecule has 11 heteroatoms. The summed E-state index contributed by atoms with van der Waals surface area (Å²) in [7, 11) is -4.16. The maximum Gasteiger partial charge on any atom is 0.292 e. The summed E-state index contributed by atoms with van der Waals surface area (Å²) in [5.74, 6) is -0.831. The molecule has 0 saturated carbocycles. The summed E-state index contributed by atoms with van der Waals surface area (Å²) in [5, 5.41) is 13.2. The number of halogens is 2. The molecule has 2 N–H and O–H groups in total. The normalized spacial score (nSPS) is 11.1. The van der Waals surface area contributed by atoms with Gasteiger partial charge in [-0.2, -0.15) is 0 Å². The zero-order chi connectivity index (χ0) is 22.8. The number of aryl methyl sites for hydroxylation is 1. The summed E-state index contributed by atoms with van der Waals surface area (Å²) in [5.41, 5.74) is 0.554. The van der Waals surface area contributed by atoms with E-state index in [9.17, 15) is 23.3 Å². The van der Waals surface area contributed by atoms with Gasteiger partial charge in [0.05, 0.1) is 20.5 Å². The lowest BCUT2D eigenvalue weighted by Crippen LogP contribution is -2.17. The summed E-state index contributed by atoms with van der Waals surface area (Å²) in [6, 6.07) is 14.4. The van der Waals surface area contributed by atoms with E-state index in [4.69, 9.17) is 23.2 Å². The van der Waals surface area contributed by atoms with Gasteiger partial charge < -0.3 is 5.32 Å². The van der Waals surface area contributed by atoms with Crippen LogP contribution in [0.15, 0.2) is 65.6 Å². The molecule has 0 aliphatic heterocycles. The van der Waals surface area contributed by atoms with Gasteiger partial charge in [-0.15, -0.1) is 0 Å². The molecular weight excluding hydrogens is 465 g/mol. The fourth-order valence-corrected chi connectivity index (χ4v) is 4.67. The molecule has 0 aliphatic carbocycles. The van der Waals surface area contributed by atoms with Crippen LogP contribution in [0.2, 0.25) is 10.0 Å². The van der Waals surface area contributed by atoms with E-state index in [1.54, 1.807) is 31.2 Å². The predicted molar refractivity (Wildman–Crippen MR) is 119 cm³/mol. The molecule has 8 nitrogen and oxygen atoms in total. The third-order valence-corrected chi connectivity index (χ3v) is 6.33. The number of nitro groups is 1. The zero-order valence-electron chi connectivity index (χ0n) is 15.9. The number of hydrogen-bond donors (Lipinski definition) is 2. The van der Waals surface area contributed by atoms with Crippen molar-refractivity contribution in [3.8, 4) is 0 Å². The van der Waals surface area contributed by atoms with E-state index < -0.39 is 20.9 Å². The van der Waals surface area contributed by atoms with Crippen LogP contribution in [0.5, 0.6) is 0 Å². The first-order chi connectivity index (χ1) is 14.6. The number of nitrogens with one attached hydrogen (secondary N) is 2. The molecule has 0 aromatic heterocycles. The van der Waals surface area contributed by atoms with Crippen LogP contribution < -0.4 is 10.0 Å². The first-order valence-corrected chi connectivity index (χ1v) is 11.0. The number of anilines is 2. The van der Waals surface area contributed by atoms with Crippen LogP contribution >= 0.6 is 23.2 Å². The first kappa shape index (κ1) is 22.5. The highest BCUT2D eigenvalue weighted by molar-refractivity contribution is 7.92. The number of benzene rings is 3. The van der Waals surface area contributed by atoms with Crippen molar-refractivity contribution < 1.29 is 18.1 Å². The SMILES string of the molecule is Cc1cccc(NS(=O)(=O)c2cc(C(=O)Nc3ccccc3[N+](=O)[O-])c(Cl)cc2Cl)c1. The zero-order valence-corrected chi connectivity index (χ0v) is 18.3. The van der Waals surface area contributed by atoms with Crippen molar-refractivity contribution in [2.24, 2.45) is 0 Å². The van der Waals surface area contributed by atoms with Gasteiger partial charge in [-0.05, 0) is 42.8 Å². The Labute approximate surface area is 188 Å². The summed E-state index contributed by atoms with van der Waals surface area (Å²) in [6.07, 6.45) is 0. The van der Waals surface area contributed by atoms with E-state index in [1.807, 2.05) is 0 Å². The number of para-hydroxylation sites is 2. The van der Waals surface area contributed by atoms with Crippen LogP contribution in [-0.4, -0.2) is 19.2 Å². The molecule has 1 amide bonds. The molecule has 3 rings (SSSR count). The van der Waals surface area contributed by atoms with Gasteiger partial charge in [-0.25, -0.2) is 8.42 Å². The third-order valence-electron chi connectivity index (χ3n) is 4.17. The fourth-order valence-electron chi connectivity index (χ4n) is 2.76. The molecule has 0 spiro atoms. The van der Waals surface area contributed by atoms with Crippen molar-refractivity contribution in [2.75, 3.05) is 10.0 Å². The summed E-state index contributed by atoms with van der Waals surface area (Å²) in [6.45, 7) is 1.80. The second kappa shape index (κ2) is 8.93. The van der Waals surface area contributed by atoms with Gasteiger partial charge in [0.15, 0.2) is 0 Å². The number of nitro benzene ring substituents is 1. The van der Waals surface area contributed by atoms with E-state index in [0.29, 0.717) is 5.69 Å². The highest BCUT2D eigenvalue weighted by atomic mass is 35.5. The number of rotatable bonds is 6. The van der Waals surface area contributed by atoms with Crippen LogP contribution in [0.3, 0.4) is 0 Å². The number of hydrogen-bond acceptors (Lipinski definition) is 5. The smallest absolute Gasteiger partial charge is 0.292 e. The highest BCUT2D eigenvalue weighted by Crippen LogP contribution is 2.31. The van der Waals surface area contributed by atoms with Crippen molar-refractivity contribution in [1.82, 2.24) is 0 Å². The Bertz CT molecular complexity index is 1300. The van der Waals surface area contributed by atoms with E-state index in [2.05, 4.69) is 10.0 Å². The minimum atomic E-state index is -4.16. The largest absolute Gasteiger partial charge is 0.316 e. The van der Waals surface area contributed by atoms with Gasteiger partial charge in [-0.3, -0.25) is 19.6 Å². The van der Waals surface area contributed by atoms with Crippen LogP contribution in [-0.2, 0) is 10.0 Å². The lowest BCUT2D eigenvalue weighted by molar-refractivity contribution is -0.383. The van der Waals surface area contributed by atoms with Crippen molar-refractivity contribution in [3.05, 3.63) is 92.0 Å². The molecule has 0 fully saturated rings. The molecule has 0 unspecified atom stereocenters. The number of carbonyl (C=O) groups excluding carboxylic acids is 1. The van der Waals surface area contributed by atoms with Crippen molar-refractivity contribution in [1.29, 1.82) is 0 Å². The Hall–Kier alpha value is -3.14. The summed E-state index contributed by atoms with van der Waals surface area (Å²) in [4.78, 5) is 22.9. The van der Waals surface area contributed by atoms with E-state index in [-0.39, 0.29) is 31.9 Å². The maximum absolute atomic E-state index is 12.9. The Balaban J connectivity index is 1.97. The highest BCUT2D eigenvalue weighted by Gasteiger charge is 2.24. The van der Waals surface area contributed by atoms with Crippen molar-refractivity contribution in [2.45, 2.75) is 11.8 Å². The summed E-state index contributed by atoms with van der Waals surface area (Å²) < 4.78 is 28.1. The molecule has 0 atom stereocenters. The Morgan fingerprint density at radius 1 is 1.00 bits per heavy atom. The minimum Gasteiger partial charge on any atom is -0.316 e. The number of sulfonamides is 1. The fraction of sp³-hybridized carbons (Fsp3) is 0.0500. The van der Waals surface area contributed by atoms with Gasteiger partial charge in [0.25, 0.3) is 21.6 Å². The number of amides is 1. The monoisotopic (exact) mass is 479 g/mol. The second-order valence-electron chi connectivity index (χ2n) is 6.47. The quantitative estimate of drug-likeness (QED) is 0.368. The van der Waals surface area contributed by atoms with Crippen molar-refractivity contribution in [3.63, 3.8) is 0 Å². The average Bonchev–Trinajstić information content (AvgIpc) is 2.67.